The Bertz CT molecular complexity index is 919. The van der Waals surface area contributed by atoms with Crippen LogP contribution in [0.25, 0.3) is 11.0 Å². The van der Waals surface area contributed by atoms with Gasteiger partial charge in [0.05, 0.1) is 0 Å². The van der Waals surface area contributed by atoms with Crippen molar-refractivity contribution in [3.63, 3.8) is 0 Å². The molecule has 2 N–H and O–H groups in total. The molecule has 118 valence electrons. The molecule has 0 spiro atoms. The second-order valence-electron chi connectivity index (χ2n) is 5.52. The molecule has 5 heteroatoms. The van der Waals surface area contributed by atoms with Crippen molar-refractivity contribution >= 4 is 34.2 Å². The van der Waals surface area contributed by atoms with E-state index in [2.05, 4.69) is 5.32 Å². The molecule has 0 amide bonds. The molecule has 1 aromatic heterocycles. The van der Waals surface area contributed by atoms with Gasteiger partial charge in [0, 0.05) is 32.6 Å². The molecule has 2 aromatic carbocycles. The van der Waals surface area contributed by atoms with Crippen molar-refractivity contribution in [2.45, 2.75) is 20.0 Å². The Balaban J connectivity index is 1.85. The average Bonchev–Trinajstić information content (AvgIpc) is 2.49. The molecular formula is C18H16Cl2NO2+. The highest BCUT2D eigenvalue weighted by Gasteiger charge is 2.10. The number of hydrogen-bond acceptors (Lipinski definition) is 2. The lowest BCUT2D eigenvalue weighted by Gasteiger charge is -2.07. The van der Waals surface area contributed by atoms with E-state index in [1.165, 1.54) is 6.07 Å². The van der Waals surface area contributed by atoms with Gasteiger partial charge in [0.15, 0.2) is 0 Å². The van der Waals surface area contributed by atoms with Gasteiger partial charge in [-0.05, 0) is 36.8 Å². The van der Waals surface area contributed by atoms with E-state index < -0.39 is 0 Å². The predicted octanol–water partition coefficient (Wildman–Crippen LogP) is 3.67. The summed E-state index contributed by atoms with van der Waals surface area (Å²) in [6, 6.07) is 12.9. The number of fused-ring (bicyclic) bond motifs is 1. The first kappa shape index (κ1) is 16.1. The van der Waals surface area contributed by atoms with Crippen molar-refractivity contribution in [1.82, 2.24) is 0 Å². The molecule has 3 rings (SSSR count). The van der Waals surface area contributed by atoms with Crippen molar-refractivity contribution in [1.29, 1.82) is 0 Å². The van der Waals surface area contributed by atoms with Crippen LogP contribution in [0.2, 0.25) is 10.0 Å². The number of aryl methyl sites for hydroxylation is 1. The largest absolute Gasteiger partial charge is 0.423 e. The van der Waals surface area contributed by atoms with E-state index in [0.717, 1.165) is 33.6 Å². The Labute approximate surface area is 143 Å². The molecule has 0 fully saturated rings. The fourth-order valence-electron chi connectivity index (χ4n) is 2.58. The van der Waals surface area contributed by atoms with Gasteiger partial charge in [-0.25, -0.2) is 4.79 Å². The van der Waals surface area contributed by atoms with Crippen molar-refractivity contribution in [2.75, 3.05) is 0 Å². The zero-order valence-electron chi connectivity index (χ0n) is 12.6. The van der Waals surface area contributed by atoms with Gasteiger partial charge in [0.2, 0.25) is 0 Å². The summed E-state index contributed by atoms with van der Waals surface area (Å²) in [5.41, 5.74) is 3.18. The summed E-state index contributed by atoms with van der Waals surface area (Å²) >= 11 is 12.2. The van der Waals surface area contributed by atoms with Crippen LogP contribution in [0.3, 0.4) is 0 Å². The first-order chi connectivity index (χ1) is 11.0. The molecule has 0 aliphatic heterocycles. The van der Waals surface area contributed by atoms with Crippen molar-refractivity contribution in [3.8, 4) is 0 Å². The van der Waals surface area contributed by atoms with Gasteiger partial charge in [-0.2, -0.15) is 0 Å². The molecular weight excluding hydrogens is 333 g/mol. The van der Waals surface area contributed by atoms with E-state index in [-0.39, 0.29) is 5.63 Å². The smallest absolute Gasteiger partial charge is 0.336 e. The first-order valence-electron chi connectivity index (χ1n) is 7.32. The molecule has 3 aromatic rings. The number of hydrogen-bond donors (Lipinski definition) is 1. The number of quaternary nitrogens is 1. The van der Waals surface area contributed by atoms with Crippen LogP contribution in [0.4, 0.5) is 0 Å². The Morgan fingerprint density at radius 1 is 1.09 bits per heavy atom. The predicted molar refractivity (Wildman–Crippen MR) is 93.0 cm³/mol. The molecule has 0 radical (unpaired) electrons. The minimum Gasteiger partial charge on any atom is -0.423 e. The van der Waals surface area contributed by atoms with Crippen LogP contribution in [-0.2, 0) is 13.1 Å². The topological polar surface area (TPSA) is 46.8 Å². The maximum absolute atomic E-state index is 11.7. The lowest BCUT2D eigenvalue weighted by atomic mass is 10.1. The summed E-state index contributed by atoms with van der Waals surface area (Å²) in [6.45, 7) is 3.33. The van der Waals surface area contributed by atoms with Crippen molar-refractivity contribution in [3.05, 3.63) is 79.6 Å². The first-order valence-corrected chi connectivity index (χ1v) is 8.07. The van der Waals surface area contributed by atoms with E-state index >= 15 is 0 Å². The van der Waals surface area contributed by atoms with Gasteiger partial charge >= 0.3 is 5.63 Å². The van der Waals surface area contributed by atoms with E-state index in [4.69, 9.17) is 27.6 Å². The van der Waals surface area contributed by atoms with Crippen LogP contribution >= 0.6 is 23.2 Å². The summed E-state index contributed by atoms with van der Waals surface area (Å²) < 4.78 is 5.27. The monoisotopic (exact) mass is 348 g/mol. The average molecular weight is 349 g/mol. The maximum Gasteiger partial charge on any atom is 0.336 e. The summed E-state index contributed by atoms with van der Waals surface area (Å²) in [4.78, 5) is 11.7. The summed E-state index contributed by atoms with van der Waals surface area (Å²) in [6.07, 6.45) is 0. The summed E-state index contributed by atoms with van der Waals surface area (Å²) in [5.74, 6) is 0. The molecule has 1 heterocycles. The van der Waals surface area contributed by atoms with Gasteiger partial charge in [0.25, 0.3) is 0 Å². The Morgan fingerprint density at radius 2 is 1.91 bits per heavy atom. The van der Waals surface area contributed by atoms with Crippen molar-refractivity contribution in [2.24, 2.45) is 0 Å². The van der Waals surface area contributed by atoms with Gasteiger partial charge in [-0.15, -0.1) is 0 Å². The Hall–Kier alpha value is -1.81. The van der Waals surface area contributed by atoms with Crippen LogP contribution in [0.15, 0.2) is 51.7 Å². The summed E-state index contributed by atoms with van der Waals surface area (Å²) in [7, 11) is 0. The third-order valence-electron chi connectivity index (χ3n) is 3.74. The van der Waals surface area contributed by atoms with Crippen LogP contribution in [0.1, 0.15) is 16.7 Å². The maximum atomic E-state index is 11.7. The number of halogens is 2. The molecule has 3 nitrogen and oxygen atoms in total. The molecule has 23 heavy (non-hydrogen) atoms. The Kier molecular flexibility index (Phi) is 4.71. The lowest BCUT2D eigenvalue weighted by molar-refractivity contribution is -0.686. The third kappa shape index (κ3) is 3.75. The fraction of sp³-hybridized carbons (Fsp3) is 0.167. The number of benzene rings is 2. The lowest BCUT2D eigenvalue weighted by Crippen LogP contribution is -2.80. The minimum atomic E-state index is -0.342. The molecule has 0 bridgehead atoms. The highest BCUT2D eigenvalue weighted by atomic mass is 35.5. The second-order valence-corrected chi connectivity index (χ2v) is 6.36. The van der Waals surface area contributed by atoms with Crippen LogP contribution in [0.5, 0.6) is 0 Å². The molecule has 0 saturated heterocycles. The minimum absolute atomic E-state index is 0.342. The van der Waals surface area contributed by atoms with Gasteiger partial charge < -0.3 is 9.73 Å². The highest BCUT2D eigenvalue weighted by molar-refractivity contribution is 6.32. The molecule has 0 saturated carbocycles. The van der Waals surface area contributed by atoms with Crippen molar-refractivity contribution < 1.29 is 9.73 Å². The normalized spacial score (nSPS) is 11.1. The number of nitrogens with two attached hydrogens (primary N) is 1. The molecule has 0 atom stereocenters. The fourth-order valence-corrected chi connectivity index (χ4v) is 2.95. The van der Waals surface area contributed by atoms with E-state index in [9.17, 15) is 4.79 Å². The highest BCUT2D eigenvalue weighted by Crippen LogP contribution is 2.24. The Morgan fingerprint density at radius 3 is 2.70 bits per heavy atom. The molecule has 0 aliphatic carbocycles. The molecule has 0 unspecified atom stereocenters. The van der Waals surface area contributed by atoms with Crippen LogP contribution in [-0.4, -0.2) is 0 Å². The van der Waals surface area contributed by atoms with Gasteiger partial charge in [-0.1, -0.05) is 35.3 Å². The van der Waals surface area contributed by atoms with E-state index in [0.29, 0.717) is 17.2 Å². The third-order valence-corrected chi connectivity index (χ3v) is 4.39. The van der Waals surface area contributed by atoms with Gasteiger partial charge in [-0.3, -0.25) is 0 Å². The zero-order valence-corrected chi connectivity index (χ0v) is 14.1. The van der Waals surface area contributed by atoms with E-state index in [1.54, 1.807) is 6.07 Å². The van der Waals surface area contributed by atoms with Gasteiger partial charge in [0.1, 0.15) is 18.7 Å². The zero-order chi connectivity index (χ0) is 16.4. The summed E-state index contributed by atoms with van der Waals surface area (Å²) in [5, 5.41) is 4.39. The standard InChI is InChI=1S/C18H15Cl2NO2/c1-11-5-17-15(8-16(11)20)13(7-18(22)23-17)10-21-9-12-3-2-4-14(19)6-12/h2-8,21H,9-10H2,1H3/p+1. The molecule has 0 aliphatic rings. The van der Waals surface area contributed by atoms with Crippen LogP contribution < -0.4 is 10.9 Å². The number of rotatable bonds is 4. The quantitative estimate of drug-likeness (QED) is 0.731. The second kappa shape index (κ2) is 6.75. The SMILES string of the molecule is Cc1cc2oc(=O)cc(C[NH2+]Cc3cccc(Cl)c3)c2cc1Cl. The van der Waals surface area contributed by atoms with E-state index in [1.807, 2.05) is 37.3 Å². The van der Waals surface area contributed by atoms with Crippen LogP contribution in [0, 0.1) is 6.92 Å².